The number of ether oxygens (including phenoxy) is 1. The molecule has 2 fully saturated rings. The van der Waals surface area contributed by atoms with E-state index in [1.54, 1.807) is 7.05 Å². The van der Waals surface area contributed by atoms with Gasteiger partial charge < -0.3 is 20.3 Å². The molecule has 0 unspecified atom stereocenters. The Balaban J connectivity index is 0.00000243. The van der Waals surface area contributed by atoms with Crippen LogP contribution in [0.5, 0.6) is 5.75 Å². The highest BCUT2D eigenvalue weighted by atomic mass is 127. The fraction of sp³-hybridized carbons (Fsp3) is 0.611. The smallest absolute Gasteiger partial charge is 0.191 e. The fourth-order valence-electron chi connectivity index (χ4n) is 3.14. The molecule has 2 N–H and O–H groups in total. The van der Waals surface area contributed by atoms with Crippen LogP contribution in [0, 0.1) is 11.6 Å². The highest BCUT2D eigenvalue weighted by molar-refractivity contribution is 14.0. The van der Waals surface area contributed by atoms with Gasteiger partial charge in [0.2, 0.25) is 0 Å². The van der Waals surface area contributed by atoms with Gasteiger partial charge in [0.05, 0.1) is 6.54 Å². The van der Waals surface area contributed by atoms with Gasteiger partial charge in [0.25, 0.3) is 0 Å². The van der Waals surface area contributed by atoms with E-state index in [9.17, 15) is 8.78 Å². The SMILES string of the molecule is CN=C(NCCOc1ccc(F)c(F)c1)NC1CCN(C2CC2)CC1.I. The number of guanidine groups is 1. The van der Waals surface area contributed by atoms with E-state index in [0.717, 1.165) is 50.1 Å². The first-order valence-corrected chi connectivity index (χ1v) is 8.95. The molecule has 1 aromatic carbocycles. The maximum atomic E-state index is 13.1. The molecule has 5 nitrogen and oxygen atoms in total. The second kappa shape index (κ2) is 10.2. The summed E-state index contributed by atoms with van der Waals surface area (Å²) in [6, 6.07) is 4.81. The Morgan fingerprint density at radius 1 is 1.19 bits per heavy atom. The molecule has 1 aromatic rings. The molecule has 3 rings (SSSR count). The first kappa shape index (κ1) is 21.1. The molecule has 0 radical (unpaired) electrons. The van der Waals surface area contributed by atoms with Gasteiger partial charge >= 0.3 is 0 Å². The molecule has 26 heavy (non-hydrogen) atoms. The summed E-state index contributed by atoms with van der Waals surface area (Å²) in [6.45, 7) is 3.17. The molecule has 1 aliphatic heterocycles. The molecule has 2 aliphatic rings. The van der Waals surface area contributed by atoms with E-state index in [1.165, 1.54) is 18.9 Å². The molecular formula is C18H27F2IN4O. The van der Waals surface area contributed by atoms with Crippen molar-refractivity contribution in [3.8, 4) is 5.75 Å². The van der Waals surface area contributed by atoms with Crippen LogP contribution in [-0.2, 0) is 0 Å². The summed E-state index contributed by atoms with van der Waals surface area (Å²) < 4.78 is 31.4. The zero-order valence-corrected chi connectivity index (χ0v) is 17.3. The van der Waals surface area contributed by atoms with Crippen LogP contribution >= 0.6 is 24.0 Å². The maximum Gasteiger partial charge on any atom is 0.191 e. The topological polar surface area (TPSA) is 48.9 Å². The maximum absolute atomic E-state index is 13.1. The van der Waals surface area contributed by atoms with Crippen molar-refractivity contribution in [1.29, 1.82) is 0 Å². The first-order chi connectivity index (χ1) is 12.2. The van der Waals surface area contributed by atoms with E-state index < -0.39 is 11.6 Å². The quantitative estimate of drug-likeness (QED) is 0.285. The lowest BCUT2D eigenvalue weighted by molar-refractivity contribution is 0.197. The van der Waals surface area contributed by atoms with Gasteiger partial charge in [0.1, 0.15) is 12.4 Å². The van der Waals surface area contributed by atoms with Crippen LogP contribution < -0.4 is 15.4 Å². The van der Waals surface area contributed by atoms with Gasteiger partial charge in [-0.3, -0.25) is 4.99 Å². The molecule has 8 heteroatoms. The van der Waals surface area contributed by atoms with Crippen molar-refractivity contribution in [2.45, 2.75) is 37.8 Å². The number of rotatable bonds is 6. The number of halogens is 3. The normalized spacial score (nSPS) is 19.0. The number of likely N-dealkylation sites (tertiary alicyclic amines) is 1. The Hall–Kier alpha value is -1.16. The number of piperidine rings is 1. The second-order valence-corrected chi connectivity index (χ2v) is 6.61. The lowest BCUT2D eigenvalue weighted by Gasteiger charge is -2.33. The van der Waals surface area contributed by atoms with Gasteiger partial charge in [-0.15, -0.1) is 24.0 Å². The molecular weight excluding hydrogens is 453 g/mol. The third-order valence-electron chi connectivity index (χ3n) is 4.71. The molecule has 0 atom stereocenters. The van der Waals surface area contributed by atoms with E-state index in [4.69, 9.17) is 4.74 Å². The van der Waals surface area contributed by atoms with Crippen LogP contribution in [0.2, 0.25) is 0 Å². The Morgan fingerprint density at radius 3 is 2.54 bits per heavy atom. The highest BCUT2D eigenvalue weighted by Crippen LogP contribution is 2.29. The van der Waals surface area contributed by atoms with E-state index in [2.05, 4.69) is 20.5 Å². The van der Waals surface area contributed by atoms with Crippen molar-refractivity contribution in [3.63, 3.8) is 0 Å². The zero-order chi connectivity index (χ0) is 17.6. The van der Waals surface area contributed by atoms with E-state index in [-0.39, 0.29) is 24.0 Å². The lowest BCUT2D eigenvalue weighted by atomic mass is 10.1. The van der Waals surface area contributed by atoms with Crippen molar-refractivity contribution in [1.82, 2.24) is 15.5 Å². The number of benzene rings is 1. The highest BCUT2D eigenvalue weighted by Gasteiger charge is 2.31. The molecule has 0 spiro atoms. The van der Waals surface area contributed by atoms with Crippen LogP contribution in [-0.4, -0.2) is 56.2 Å². The Morgan fingerprint density at radius 2 is 1.92 bits per heavy atom. The van der Waals surface area contributed by atoms with Crippen molar-refractivity contribution in [3.05, 3.63) is 29.8 Å². The summed E-state index contributed by atoms with van der Waals surface area (Å²) in [4.78, 5) is 6.82. The summed E-state index contributed by atoms with van der Waals surface area (Å²) in [5.74, 6) is -0.710. The summed E-state index contributed by atoms with van der Waals surface area (Å²) in [6.07, 6.45) is 4.98. The minimum atomic E-state index is -0.902. The molecule has 1 saturated carbocycles. The monoisotopic (exact) mass is 480 g/mol. The number of aliphatic imine (C=N–C) groups is 1. The van der Waals surface area contributed by atoms with Gasteiger partial charge in [-0.05, 0) is 37.8 Å². The fourth-order valence-corrected chi connectivity index (χ4v) is 3.14. The van der Waals surface area contributed by atoms with Gasteiger partial charge in [-0.25, -0.2) is 8.78 Å². The lowest BCUT2D eigenvalue weighted by Crippen LogP contribution is -2.49. The predicted octanol–water partition coefficient (Wildman–Crippen LogP) is 2.75. The summed E-state index contributed by atoms with van der Waals surface area (Å²) in [5, 5.41) is 6.64. The third-order valence-corrected chi connectivity index (χ3v) is 4.71. The summed E-state index contributed by atoms with van der Waals surface area (Å²) >= 11 is 0. The van der Waals surface area contributed by atoms with E-state index in [0.29, 0.717) is 24.9 Å². The minimum absolute atomic E-state index is 0. The Bertz CT molecular complexity index is 605. The van der Waals surface area contributed by atoms with Crippen molar-refractivity contribution < 1.29 is 13.5 Å². The first-order valence-electron chi connectivity index (χ1n) is 8.95. The number of hydrogen-bond donors (Lipinski definition) is 2. The molecule has 1 saturated heterocycles. The Kier molecular flexibility index (Phi) is 8.33. The van der Waals surface area contributed by atoms with Gasteiger partial charge in [-0.2, -0.15) is 0 Å². The van der Waals surface area contributed by atoms with Crippen molar-refractivity contribution in [2.75, 3.05) is 33.3 Å². The average Bonchev–Trinajstić information content (AvgIpc) is 3.46. The zero-order valence-electron chi connectivity index (χ0n) is 15.0. The molecule has 0 amide bonds. The molecule has 0 aromatic heterocycles. The van der Waals surface area contributed by atoms with E-state index in [1.807, 2.05) is 0 Å². The number of nitrogens with zero attached hydrogens (tertiary/aromatic N) is 2. The molecule has 146 valence electrons. The van der Waals surface area contributed by atoms with Crippen LogP contribution in [0.1, 0.15) is 25.7 Å². The van der Waals surface area contributed by atoms with Crippen molar-refractivity contribution >= 4 is 29.9 Å². The standard InChI is InChI=1S/C18H26F2N4O.HI/c1-21-18(23-13-6-9-24(10-7-13)14-2-3-14)22-8-11-25-15-4-5-16(19)17(20)12-15;/h4-5,12-14H,2-3,6-11H2,1H3,(H2,21,22,23);1H. The molecule has 0 bridgehead atoms. The second-order valence-electron chi connectivity index (χ2n) is 6.61. The number of hydrogen-bond acceptors (Lipinski definition) is 3. The largest absolute Gasteiger partial charge is 0.492 e. The van der Waals surface area contributed by atoms with Crippen LogP contribution in [0.25, 0.3) is 0 Å². The van der Waals surface area contributed by atoms with Crippen LogP contribution in [0.15, 0.2) is 23.2 Å². The van der Waals surface area contributed by atoms with E-state index >= 15 is 0 Å². The Labute approximate surface area is 170 Å². The summed E-state index contributed by atoms with van der Waals surface area (Å²) in [5.41, 5.74) is 0. The van der Waals surface area contributed by atoms with Gasteiger partial charge in [0, 0.05) is 38.3 Å². The van der Waals surface area contributed by atoms with Gasteiger partial charge in [0.15, 0.2) is 17.6 Å². The van der Waals surface area contributed by atoms with Crippen LogP contribution in [0.3, 0.4) is 0 Å². The third kappa shape index (κ3) is 6.22. The van der Waals surface area contributed by atoms with Gasteiger partial charge in [-0.1, -0.05) is 0 Å². The van der Waals surface area contributed by atoms with Crippen molar-refractivity contribution in [2.24, 2.45) is 4.99 Å². The average molecular weight is 480 g/mol. The molecule has 1 aliphatic carbocycles. The molecule has 1 heterocycles. The minimum Gasteiger partial charge on any atom is -0.492 e. The number of nitrogens with one attached hydrogen (secondary N) is 2. The predicted molar refractivity (Wildman–Crippen MR) is 109 cm³/mol. The summed E-state index contributed by atoms with van der Waals surface area (Å²) in [7, 11) is 1.74. The van der Waals surface area contributed by atoms with Crippen LogP contribution in [0.4, 0.5) is 8.78 Å².